The Morgan fingerprint density at radius 1 is 0.294 bits per heavy atom. The van der Waals surface area contributed by atoms with Crippen molar-refractivity contribution in [2.24, 2.45) is 35.5 Å². The number of rotatable bonds is 18. The van der Waals surface area contributed by atoms with Crippen LogP contribution >= 0.6 is 0 Å². The Kier molecular flexibility index (Phi) is 38.1. The van der Waals surface area contributed by atoms with E-state index < -0.39 is 0 Å². The van der Waals surface area contributed by atoms with E-state index in [1.807, 2.05) is 0 Å². The average molecular weight is 537 g/mol. The Balaban J connectivity index is -0.000000196. The van der Waals surface area contributed by atoms with Crippen LogP contribution in [0, 0.1) is 35.5 Å². The van der Waals surface area contributed by atoms with Gasteiger partial charge in [0.2, 0.25) is 0 Å². The molecule has 7 heteroatoms. The van der Waals surface area contributed by atoms with Crippen LogP contribution in [-0.4, -0.2) is 60.0 Å². The molecule has 0 aromatic rings. The molecule has 212 valence electrons. The summed E-state index contributed by atoms with van der Waals surface area (Å²) < 4.78 is 31.3. The zero-order valence-corrected chi connectivity index (χ0v) is 25.7. The van der Waals surface area contributed by atoms with Crippen LogP contribution in [-0.2, 0) is 45.5 Å². The molecule has 34 heavy (non-hydrogen) atoms. The molecule has 0 aliphatic heterocycles. The zero-order valence-electron chi connectivity index (χ0n) is 24.6. The van der Waals surface area contributed by atoms with Gasteiger partial charge in [-0.2, -0.15) is 0 Å². The summed E-state index contributed by atoms with van der Waals surface area (Å²) in [7, 11) is 0. The Morgan fingerprint density at radius 2 is 0.412 bits per heavy atom. The van der Waals surface area contributed by atoms with Crippen LogP contribution in [0.25, 0.3) is 0 Å². The van der Waals surface area contributed by atoms with Gasteiger partial charge in [0.1, 0.15) is 20.4 Å². The second kappa shape index (κ2) is 31.3. The molecule has 0 atom stereocenters. The van der Waals surface area contributed by atoms with E-state index in [1.54, 1.807) is 0 Å². The predicted octanol–water partition coefficient (Wildman–Crippen LogP) is 6.86. The number of ether oxygens (including phenoxy) is 6. The Bertz CT molecular complexity index is 268. The van der Waals surface area contributed by atoms with E-state index >= 15 is 0 Å². The molecule has 0 saturated carbocycles. The third-order valence-electron chi connectivity index (χ3n) is 3.21. The van der Waals surface area contributed by atoms with Crippen molar-refractivity contribution in [3.63, 3.8) is 0 Å². The van der Waals surface area contributed by atoms with Crippen molar-refractivity contribution in [1.29, 1.82) is 0 Å². The van der Waals surface area contributed by atoms with E-state index in [9.17, 15) is 0 Å². The molecular weight excluding hydrogens is 476 g/mol. The van der Waals surface area contributed by atoms with Gasteiger partial charge in [0.15, 0.2) is 0 Å². The minimum absolute atomic E-state index is 0. The van der Waals surface area contributed by atoms with E-state index in [4.69, 9.17) is 28.4 Å². The smallest absolute Gasteiger partial charge is 0.146 e. The normalized spacial score (nSPS) is 11.1. The van der Waals surface area contributed by atoms with E-state index in [-0.39, 0.29) is 17.1 Å². The largest absolute Gasteiger partial charge is 0.355 e. The third-order valence-corrected chi connectivity index (χ3v) is 3.21. The molecule has 0 aromatic carbocycles. The SMILES string of the molecule is CC(C)COCOCC(C)C.CC(C)COCOCC(C)C.CC(C)COCOCC(C)C.[Fe]. The van der Waals surface area contributed by atoms with Crippen LogP contribution in [0.4, 0.5) is 0 Å². The van der Waals surface area contributed by atoms with Gasteiger partial charge in [-0.15, -0.1) is 0 Å². The maximum absolute atomic E-state index is 5.22. The summed E-state index contributed by atoms with van der Waals surface area (Å²) in [5.74, 6) is 3.57. The summed E-state index contributed by atoms with van der Waals surface area (Å²) in [5.41, 5.74) is 0. The van der Waals surface area contributed by atoms with Crippen molar-refractivity contribution in [2.75, 3.05) is 60.0 Å². The van der Waals surface area contributed by atoms with Crippen molar-refractivity contribution in [3.8, 4) is 0 Å². The fourth-order valence-electron chi connectivity index (χ4n) is 1.88. The van der Waals surface area contributed by atoms with Gasteiger partial charge >= 0.3 is 0 Å². The molecule has 0 aromatic heterocycles. The predicted molar refractivity (Wildman–Crippen MR) is 139 cm³/mol. The molecule has 0 spiro atoms. The fourth-order valence-corrected chi connectivity index (χ4v) is 1.88. The summed E-state index contributed by atoms with van der Waals surface area (Å²) >= 11 is 0. The minimum atomic E-state index is 0. The van der Waals surface area contributed by atoms with Gasteiger partial charge in [0.25, 0.3) is 0 Å². The Morgan fingerprint density at radius 3 is 0.500 bits per heavy atom. The molecule has 0 radical (unpaired) electrons. The molecule has 0 N–H and O–H groups in total. The van der Waals surface area contributed by atoms with Crippen LogP contribution in [0.15, 0.2) is 0 Å². The van der Waals surface area contributed by atoms with Crippen LogP contribution in [0.3, 0.4) is 0 Å². The average Bonchev–Trinajstić information content (AvgIpc) is 2.67. The summed E-state index contributed by atoms with van der Waals surface area (Å²) in [6.07, 6.45) is 0. The van der Waals surface area contributed by atoms with Gasteiger partial charge in [0, 0.05) is 17.1 Å². The molecule has 0 aliphatic carbocycles. The second-order valence-electron chi connectivity index (χ2n) is 10.9. The van der Waals surface area contributed by atoms with E-state index in [0.29, 0.717) is 55.9 Å². The molecule has 0 saturated heterocycles. The second-order valence-corrected chi connectivity index (χ2v) is 10.9. The first-order valence-electron chi connectivity index (χ1n) is 12.8. The summed E-state index contributed by atoms with van der Waals surface area (Å²) in [5, 5.41) is 0. The number of hydrogen-bond donors (Lipinski definition) is 0. The van der Waals surface area contributed by atoms with E-state index in [1.165, 1.54) is 0 Å². The first-order valence-corrected chi connectivity index (χ1v) is 12.8. The van der Waals surface area contributed by atoms with Gasteiger partial charge in [-0.1, -0.05) is 83.1 Å². The van der Waals surface area contributed by atoms with Crippen LogP contribution in [0.2, 0.25) is 0 Å². The topological polar surface area (TPSA) is 55.4 Å². The molecular formula is C27H60FeO6. The molecule has 0 aliphatic rings. The maximum Gasteiger partial charge on any atom is 0.146 e. The van der Waals surface area contributed by atoms with Crippen molar-refractivity contribution < 1.29 is 45.5 Å². The molecule has 0 rings (SSSR count). The van der Waals surface area contributed by atoms with Crippen molar-refractivity contribution in [2.45, 2.75) is 83.1 Å². The van der Waals surface area contributed by atoms with Crippen LogP contribution < -0.4 is 0 Å². The minimum Gasteiger partial charge on any atom is -0.355 e. The monoisotopic (exact) mass is 536 g/mol. The molecule has 0 heterocycles. The fraction of sp³-hybridized carbons (Fsp3) is 1.00. The first kappa shape index (κ1) is 41.4. The molecule has 0 unspecified atom stereocenters. The number of hydrogen-bond acceptors (Lipinski definition) is 6. The quantitative estimate of drug-likeness (QED) is 0.108. The van der Waals surface area contributed by atoms with Crippen molar-refractivity contribution in [3.05, 3.63) is 0 Å². The molecule has 0 bridgehead atoms. The van der Waals surface area contributed by atoms with Gasteiger partial charge < -0.3 is 28.4 Å². The molecule has 0 fully saturated rings. The van der Waals surface area contributed by atoms with Crippen molar-refractivity contribution in [1.82, 2.24) is 0 Å². The molecule has 6 nitrogen and oxygen atoms in total. The first-order chi connectivity index (χ1) is 15.4. The van der Waals surface area contributed by atoms with Gasteiger partial charge in [-0.3, -0.25) is 0 Å². The van der Waals surface area contributed by atoms with Crippen LogP contribution in [0.5, 0.6) is 0 Å². The summed E-state index contributed by atoms with van der Waals surface area (Å²) in [4.78, 5) is 0. The van der Waals surface area contributed by atoms with Crippen LogP contribution in [0.1, 0.15) is 83.1 Å². The maximum atomic E-state index is 5.22. The van der Waals surface area contributed by atoms with Gasteiger partial charge in [0.05, 0.1) is 39.6 Å². The van der Waals surface area contributed by atoms with Gasteiger partial charge in [-0.05, 0) is 35.5 Å². The standard InChI is InChI=1S/3C9H20O2.Fe/c3*1-8(2)5-10-7-11-6-9(3)4;/h3*8-9H,5-7H2,1-4H3;. The Labute approximate surface area is 224 Å². The summed E-state index contributed by atoms with van der Waals surface area (Å²) in [6.45, 7) is 31.6. The van der Waals surface area contributed by atoms with E-state index in [0.717, 1.165) is 39.6 Å². The van der Waals surface area contributed by atoms with Gasteiger partial charge in [-0.25, -0.2) is 0 Å². The third kappa shape index (κ3) is 53.6. The summed E-state index contributed by atoms with van der Waals surface area (Å²) in [6, 6.07) is 0. The zero-order chi connectivity index (χ0) is 26.1. The van der Waals surface area contributed by atoms with E-state index in [2.05, 4.69) is 83.1 Å². The Hall–Kier alpha value is 0.279. The van der Waals surface area contributed by atoms with Crippen molar-refractivity contribution >= 4 is 0 Å². The molecule has 0 amide bonds.